The largest absolute Gasteiger partial charge is 0.481 e. The molecule has 5 heteroatoms. The minimum atomic E-state index is -0.831. The molecule has 0 aliphatic carbocycles. The van der Waals surface area contributed by atoms with E-state index in [0.717, 1.165) is 6.54 Å². The Hall–Kier alpha value is -1.10. The van der Waals surface area contributed by atoms with Crippen LogP contribution in [0.15, 0.2) is 0 Å². The third-order valence-corrected chi connectivity index (χ3v) is 2.30. The van der Waals surface area contributed by atoms with Crippen molar-refractivity contribution in [3.63, 3.8) is 0 Å². The van der Waals surface area contributed by atoms with Gasteiger partial charge in [-0.05, 0) is 12.5 Å². The monoisotopic (exact) mass is 230 g/mol. The van der Waals surface area contributed by atoms with Crippen LogP contribution in [0, 0.1) is 11.8 Å². The number of amides is 1. The Morgan fingerprint density at radius 2 is 1.88 bits per heavy atom. The second-order valence-electron chi connectivity index (χ2n) is 4.16. The molecular formula is C11H22N2O3. The minimum Gasteiger partial charge on any atom is -0.481 e. The number of aliphatic carboxylic acids is 1. The zero-order valence-corrected chi connectivity index (χ0v) is 10.2. The molecule has 0 fully saturated rings. The van der Waals surface area contributed by atoms with Gasteiger partial charge in [-0.15, -0.1) is 0 Å². The number of nitrogens with one attached hydrogen (secondary N) is 2. The van der Waals surface area contributed by atoms with Gasteiger partial charge in [-0.2, -0.15) is 0 Å². The van der Waals surface area contributed by atoms with E-state index in [1.54, 1.807) is 0 Å². The molecular weight excluding hydrogens is 208 g/mol. The summed E-state index contributed by atoms with van der Waals surface area (Å²) in [5.74, 6) is -0.981. The van der Waals surface area contributed by atoms with Gasteiger partial charge in [0.1, 0.15) is 0 Å². The molecule has 0 aliphatic rings. The molecule has 0 aromatic carbocycles. The SMILES string of the molecule is CCNCC(C)C(=O)NCC(C)CC(=O)O. The van der Waals surface area contributed by atoms with Crippen molar-refractivity contribution in [1.82, 2.24) is 10.6 Å². The summed E-state index contributed by atoms with van der Waals surface area (Å²) in [7, 11) is 0. The van der Waals surface area contributed by atoms with E-state index in [2.05, 4.69) is 10.6 Å². The van der Waals surface area contributed by atoms with Crippen LogP contribution >= 0.6 is 0 Å². The summed E-state index contributed by atoms with van der Waals surface area (Å²) in [6.45, 7) is 7.55. The van der Waals surface area contributed by atoms with Gasteiger partial charge in [-0.1, -0.05) is 20.8 Å². The van der Waals surface area contributed by atoms with E-state index < -0.39 is 5.97 Å². The second-order valence-corrected chi connectivity index (χ2v) is 4.16. The summed E-state index contributed by atoms with van der Waals surface area (Å²) < 4.78 is 0. The molecule has 0 radical (unpaired) electrons. The molecule has 5 nitrogen and oxygen atoms in total. The molecule has 0 aromatic rings. The van der Waals surface area contributed by atoms with Crippen LogP contribution in [-0.4, -0.2) is 36.6 Å². The molecule has 94 valence electrons. The molecule has 3 N–H and O–H groups in total. The molecule has 0 aliphatic heterocycles. The summed E-state index contributed by atoms with van der Waals surface area (Å²) in [6, 6.07) is 0. The Bertz CT molecular complexity index is 231. The summed E-state index contributed by atoms with van der Waals surface area (Å²) in [4.78, 5) is 21.9. The van der Waals surface area contributed by atoms with Gasteiger partial charge < -0.3 is 15.7 Å². The van der Waals surface area contributed by atoms with Gasteiger partial charge >= 0.3 is 5.97 Å². The Labute approximate surface area is 96.6 Å². The Morgan fingerprint density at radius 3 is 2.38 bits per heavy atom. The highest BCUT2D eigenvalue weighted by Crippen LogP contribution is 2.00. The van der Waals surface area contributed by atoms with Gasteiger partial charge in [0.2, 0.25) is 5.91 Å². The van der Waals surface area contributed by atoms with Crippen LogP contribution in [0.3, 0.4) is 0 Å². The molecule has 2 unspecified atom stereocenters. The second kappa shape index (κ2) is 8.10. The van der Waals surface area contributed by atoms with E-state index >= 15 is 0 Å². The van der Waals surface area contributed by atoms with Crippen LogP contribution in [0.4, 0.5) is 0 Å². The highest BCUT2D eigenvalue weighted by Gasteiger charge is 2.14. The van der Waals surface area contributed by atoms with Crippen LogP contribution in [0.1, 0.15) is 27.2 Å². The fourth-order valence-electron chi connectivity index (χ4n) is 1.27. The molecule has 2 atom stereocenters. The number of rotatable bonds is 8. The van der Waals surface area contributed by atoms with E-state index in [0.29, 0.717) is 13.1 Å². The molecule has 16 heavy (non-hydrogen) atoms. The van der Waals surface area contributed by atoms with Crippen molar-refractivity contribution in [2.24, 2.45) is 11.8 Å². The molecule has 1 amide bonds. The summed E-state index contributed by atoms with van der Waals surface area (Å²) in [5.41, 5.74) is 0. The number of carboxylic acid groups (broad SMARTS) is 1. The molecule has 0 heterocycles. The van der Waals surface area contributed by atoms with Gasteiger partial charge in [0.05, 0.1) is 0 Å². The number of hydrogen-bond donors (Lipinski definition) is 3. The highest BCUT2D eigenvalue weighted by molar-refractivity contribution is 5.78. The normalized spacial score (nSPS) is 14.2. The van der Waals surface area contributed by atoms with Crippen LogP contribution in [0.2, 0.25) is 0 Å². The Kier molecular flexibility index (Phi) is 7.54. The van der Waals surface area contributed by atoms with Crippen LogP contribution in [0.25, 0.3) is 0 Å². The van der Waals surface area contributed by atoms with Gasteiger partial charge in [-0.25, -0.2) is 0 Å². The molecule has 0 bridgehead atoms. The van der Waals surface area contributed by atoms with Gasteiger partial charge in [0.25, 0.3) is 0 Å². The lowest BCUT2D eigenvalue weighted by Gasteiger charge is -2.14. The van der Waals surface area contributed by atoms with E-state index in [1.165, 1.54) is 0 Å². The maximum absolute atomic E-state index is 11.5. The lowest BCUT2D eigenvalue weighted by Crippen LogP contribution is -2.37. The molecule has 0 spiro atoms. The fraction of sp³-hybridized carbons (Fsp3) is 0.818. The first kappa shape index (κ1) is 14.9. The zero-order chi connectivity index (χ0) is 12.6. The van der Waals surface area contributed by atoms with Crippen LogP contribution in [-0.2, 0) is 9.59 Å². The average Bonchev–Trinajstić information content (AvgIpc) is 2.21. The number of hydrogen-bond acceptors (Lipinski definition) is 3. The molecule has 0 saturated carbocycles. The maximum Gasteiger partial charge on any atom is 0.303 e. The lowest BCUT2D eigenvalue weighted by molar-refractivity contribution is -0.138. The topological polar surface area (TPSA) is 78.4 Å². The molecule has 0 rings (SSSR count). The Balaban J connectivity index is 3.74. The zero-order valence-electron chi connectivity index (χ0n) is 10.2. The smallest absolute Gasteiger partial charge is 0.303 e. The summed E-state index contributed by atoms with van der Waals surface area (Å²) in [6.07, 6.45) is 0.0852. The maximum atomic E-state index is 11.5. The minimum absolute atomic E-state index is 0.0295. The Morgan fingerprint density at radius 1 is 1.25 bits per heavy atom. The van der Waals surface area contributed by atoms with Crippen molar-refractivity contribution in [3.8, 4) is 0 Å². The van der Waals surface area contributed by atoms with E-state index in [1.807, 2.05) is 20.8 Å². The van der Waals surface area contributed by atoms with Gasteiger partial charge in [0.15, 0.2) is 0 Å². The first-order valence-electron chi connectivity index (χ1n) is 5.67. The first-order chi connectivity index (χ1) is 7.47. The number of carboxylic acids is 1. The fourth-order valence-corrected chi connectivity index (χ4v) is 1.27. The summed E-state index contributed by atoms with van der Waals surface area (Å²) >= 11 is 0. The molecule has 0 saturated heterocycles. The predicted molar refractivity (Wildman–Crippen MR) is 62.1 cm³/mol. The predicted octanol–water partition coefficient (Wildman–Crippen LogP) is 0.459. The molecule has 0 aromatic heterocycles. The highest BCUT2D eigenvalue weighted by atomic mass is 16.4. The van der Waals surface area contributed by atoms with Gasteiger partial charge in [0, 0.05) is 25.4 Å². The van der Waals surface area contributed by atoms with Crippen molar-refractivity contribution in [2.75, 3.05) is 19.6 Å². The lowest BCUT2D eigenvalue weighted by atomic mass is 10.1. The third-order valence-electron chi connectivity index (χ3n) is 2.30. The van der Waals surface area contributed by atoms with Crippen molar-refractivity contribution in [2.45, 2.75) is 27.2 Å². The van der Waals surface area contributed by atoms with Crippen molar-refractivity contribution in [1.29, 1.82) is 0 Å². The van der Waals surface area contributed by atoms with Crippen molar-refractivity contribution < 1.29 is 14.7 Å². The van der Waals surface area contributed by atoms with Crippen molar-refractivity contribution >= 4 is 11.9 Å². The van der Waals surface area contributed by atoms with E-state index in [4.69, 9.17) is 5.11 Å². The number of carbonyl (C=O) groups excluding carboxylic acids is 1. The average molecular weight is 230 g/mol. The van der Waals surface area contributed by atoms with Crippen molar-refractivity contribution in [3.05, 3.63) is 0 Å². The van der Waals surface area contributed by atoms with Crippen LogP contribution in [0.5, 0.6) is 0 Å². The summed E-state index contributed by atoms with van der Waals surface area (Å²) in [5, 5.41) is 14.4. The van der Waals surface area contributed by atoms with Gasteiger partial charge in [-0.3, -0.25) is 9.59 Å². The number of carbonyl (C=O) groups is 2. The van der Waals surface area contributed by atoms with Crippen LogP contribution < -0.4 is 10.6 Å². The third kappa shape index (κ3) is 7.23. The standard InChI is InChI=1S/C11H22N2O3/c1-4-12-7-9(3)11(16)13-6-8(2)5-10(14)15/h8-9,12H,4-7H2,1-3H3,(H,13,16)(H,14,15). The first-order valence-corrected chi connectivity index (χ1v) is 5.67. The van der Waals surface area contributed by atoms with E-state index in [-0.39, 0.29) is 24.2 Å². The van der Waals surface area contributed by atoms with E-state index in [9.17, 15) is 9.59 Å². The quantitative estimate of drug-likeness (QED) is 0.566.